The normalized spacial score (nSPS) is 10.3. The van der Waals surface area contributed by atoms with Crippen molar-refractivity contribution >= 4 is 11.5 Å². The SMILES string of the molecule is CCOCc1ccc(Nc2cc(OCC)ncn2)cc1. The summed E-state index contributed by atoms with van der Waals surface area (Å²) in [4.78, 5) is 8.19. The highest BCUT2D eigenvalue weighted by atomic mass is 16.5. The second kappa shape index (κ2) is 7.45. The number of rotatable bonds is 7. The van der Waals surface area contributed by atoms with Crippen molar-refractivity contribution < 1.29 is 9.47 Å². The third kappa shape index (κ3) is 4.20. The maximum Gasteiger partial charge on any atom is 0.218 e. The molecule has 5 nitrogen and oxygen atoms in total. The fourth-order valence-electron chi connectivity index (χ4n) is 1.69. The number of ether oxygens (including phenoxy) is 2. The summed E-state index contributed by atoms with van der Waals surface area (Å²) in [5.41, 5.74) is 2.11. The molecule has 0 bridgehead atoms. The minimum atomic E-state index is 0.568. The van der Waals surface area contributed by atoms with Gasteiger partial charge in [0.1, 0.15) is 12.1 Å². The Morgan fingerprint density at radius 2 is 1.85 bits per heavy atom. The van der Waals surface area contributed by atoms with Gasteiger partial charge in [0.2, 0.25) is 5.88 Å². The molecule has 5 heteroatoms. The van der Waals surface area contributed by atoms with Gasteiger partial charge in [-0.15, -0.1) is 0 Å². The summed E-state index contributed by atoms with van der Waals surface area (Å²) in [6.45, 7) is 5.86. The number of hydrogen-bond acceptors (Lipinski definition) is 5. The lowest BCUT2D eigenvalue weighted by Gasteiger charge is -2.08. The van der Waals surface area contributed by atoms with Gasteiger partial charge in [-0.3, -0.25) is 0 Å². The first-order chi connectivity index (χ1) is 9.81. The molecular weight excluding hydrogens is 254 g/mol. The summed E-state index contributed by atoms with van der Waals surface area (Å²) in [5, 5.41) is 3.21. The molecule has 0 saturated carbocycles. The second-order valence-electron chi connectivity index (χ2n) is 4.13. The molecule has 1 heterocycles. The molecule has 1 aromatic carbocycles. The Kier molecular flexibility index (Phi) is 5.32. The van der Waals surface area contributed by atoms with Crippen molar-refractivity contribution in [2.24, 2.45) is 0 Å². The molecule has 2 rings (SSSR count). The largest absolute Gasteiger partial charge is 0.478 e. The van der Waals surface area contributed by atoms with Crippen molar-refractivity contribution in [2.45, 2.75) is 20.5 Å². The zero-order valence-electron chi connectivity index (χ0n) is 11.8. The third-order valence-corrected chi connectivity index (χ3v) is 2.63. The van der Waals surface area contributed by atoms with E-state index < -0.39 is 0 Å². The Labute approximate surface area is 119 Å². The van der Waals surface area contributed by atoms with Gasteiger partial charge in [0.05, 0.1) is 13.2 Å². The van der Waals surface area contributed by atoms with Gasteiger partial charge >= 0.3 is 0 Å². The first kappa shape index (κ1) is 14.3. The highest BCUT2D eigenvalue weighted by molar-refractivity contribution is 5.56. The van der Waals surface area contributed by atoms with E-state index in [0.29, 0.717) is 24.9 Å². The number of anilines is 2. The van der Waals surface area contributed by atoms with Crippen LogP contribution >= 0.6 is 0 Å². The lowest BCUT2D eigenvalue weighted by molar-refractivity contribution is 0.134. The van der Waals surface area contributed by atoms with Gasteiger partial charge in [0.25, 0.3) is 0 Å². The van der Waals surface area contributed by atoms with Crippen molar-refractivity contribution in [2.75, 3.05) is 18.5 Å². The Hall–Kier alpha value is -2.14. The van der Waals surface area contributed by atoms with Crippen LogP contribution in [-0.2, 0) is 11.3 Å². The van der Waals surface area contributed by atoms with Crippen LogP contribution in [0.4, 0.5) is 11.5 Å². The van der Waals surface area contributed by atoms with E-state index in [0.717, 1.165) is 17.9 Å². The van der Waals surface area contributed by atoms with Crippen LogP contribution in [0, 0.1) is 0 Å². The number of nitrogens with one attached hydrogen (secondary N) is 1. The summed E-state index contributed by atoms with van der Waals surface area (Å²) in [6, 6.07) is 9.83. The molecule has 0 radical (unpaired) electrons. The topological polar surface area (TPSA) is 56.3 Å². The van der Waals surface area contributed by atoms with E-state index in [1.807, 2.05) is 38.1 Å². The summed E-state index contributed by atoms with van der Waals surface area (Å²) >= 11 is 0. The zero-order valence-corrected chi connectivity index (χ0v) is 11.8. The minimum absolute atomic E-state index is 0.568. The molecule has 0 amide bonds. The Morgan fingerprint density at radius 3 is 2.55 bits per heavy atom. The average Bonchev–Trinajstić information content (AvgIpc) is 2.47. The van der Waals surface area contributed by atoms with Crippen molar-refractivity contribution in [1.29, 1.82) is 0 Å². The molecule has 20 heavy (non-hydrogen) atoms. The number of aromatic nitrogens is 2. The smallest absolute Gasteiger partial charge is 0.218 e. The van der Waals surface area contributed by atoms with Crippen LogP contribution in [0.2, 0.25) is 0 Å². The molecule has 0 saturated heterocycles. The van der Waals surface area contributed by atoms with Gasteiger partial charge in [-0.1, -0.05) is 12.1 Å². The van der Waals surface area contributed by atoms with Gasteiger partial charge in [-0.2, -0.15) is 0 Å². The highest BCUT2D eigenvalue weighted by Crippen LogP contribution is 2.18. The highest BCUT2D eigenvalue weighted by Gasteiger charge is 2.00. The molecular formula is C15H19N3O2. The number of hydrogen-bond donors (Lipinski definition) is 1. The van der Waals surface area contributed by atoms with Crippen LogP contribution in [0.1, 0.15) is 19.4 Å². The fraction of sp³-hybridized carbons (Fsp3) is 0.333. The van der Waals surface area contributed by atoms with Crippen LogP contribution in [0.25, 0.3) is 0 Å². The first-order valence-electron chi connectivity index (χ1n) is 6.70. The molecule has 1 aromatic heterocycles. The molecule has 0 aliphatic heterocycles. The lowest BCUT2D eigenvalue weighted by Crippen LogP contribution is -1.99. The zero-order chi connectivity index (χ0) is 14.2. The molecule has 0 aliphatic carbocycles. The maximum absolute atomic E-state index is 5.36. The van der Waals surface area contributed by atoms with E-state index in [2.05, 4.69) is 15.3 Å². The molecule has 0 aliphatic rings. The standard InChI is InChI=1S/C15H19N3O2/c1-3-19-10-12-5-7-13(8-6-12)18-14-9-15(20-4-2)17-11-16-14/h5-9,11H,3-4,10H2,1-2H3,(H,16,17,18). The van der Waals surface area contributed by atoms with Crippen LogP contribution in [0.15, 0.2) is 36.7 Å². The quantitative estimate of drug-likeness (QED) is 0.839. The molecule has 0 spiro atoms. The second-order valence-corrected chi connectivity index (χ2v) is 4.13. The van der Waals surface area contributed by atoms with Crippen LogP contribution in [0.5, 0.6) is 5.88 Å². The monoisotopic (exact) mass is 273 g/mol. The van der Waals surface area contributed by atoms with E-state index in [-0.39, 0.29) is 0 Å². The molecule has 0 unspecified atom stereocenters. The predicted molar refractivity (Wildman–Crippen MR) is 78.3 cm³/mol. The molecule has 0 fully saturated rings. The van der Waals surface area contributed by atoms with E-state index in [1.54, 1.807) is 6.07 Å². The van der Waals surface area contributed by atoms with Crippen molar-refractivity contribution in [3.8, 4) is 5.88 Å². The average molecular weight is 273 g/mol. The summed E-state index contributed by atoms with van der Waals surface area (Å²) in [6.07, 6.45) is 1.48. The molecule has 1 N–H and O–H groups in total. The van der Waals surface area contributed by atoms with E-state index >= 15 is 0 Å². The molecule has 0 atom stereocenters. The van der Waals surface area contributed by atoms with Crippen LogP contribution in [-0.4, -0.2) is 23.2 Å². The lowest BCUT2D eigenvalue weighted by atomic mass is 10.2. The van der Waals surface area contributed by atoms with Gasteiger partial charge in [0, 0.05) is 18.4 Å². The first-order valence-corrected chi connectivity index (χ1v) is 6.70. The number of benzene rings is 1. The van der Waals surface area contributed by atoms with E-state index in [4.69, 9.17) is 9.47 Å². The Bertz CT molecular complexity index is 529. The van der Waals surface area contributed by atoms with Crippen molar-refractivity contribution in [3.63, 3.8) is 0 Å². The van der Waals surface area contributed by atoms with Crippen molar-refractivity contribution in [3.05, 3.63) is 42.2 Å². The van der Waals surface area contributed by atoms with E-state index in [1.165, 1.54) is 6.33 Å². The maximum atomic E-state index is 5.36. The van der Waals surface area contributed by atoms with Gasteiger partial charge in [-0.05, 0) is 31.5 Å². The molecule has 2 aromatic rings. The minimum Gasteiger partial charge on any atom is -0.478 e. The summed E-state index contributed by atoms with van der Waals surface area (Å²) in [5.74, 6) is 1.28. The number of nitrogens with zero attached hydrogens (tertiary/aromatic N) is 2. The molecule has 106 valence electrons. The summed E-state index contributed by atoms with van der Waals surface area (Å²) < 4.78 is 10.7. The van der Waals surface area contributed by atoms with Crippen LogP contribution in [0.3, 0.4) is 0 Å². The van der Waals surface area contributed by atoms with Gasteiger partial charge < -0.3 is 14.8 Å². The fourth-order valence-corrected chi connectivity index (χ4v) is 1.69. The Balaban J connectivity index is 2.00. The van der Waals surface area contributed by atoms with Gasteiger partial charge in [0.15, 0.2) is 0 Å². The van der Waals surface area contributed by atoms with Crippen molar-refractivity contribution in [1.82, 2.24) is 9.97 Å². The predicted octanol–water partition coefficient (Wildman–Crippen LogP) is 3.16. The van der Waals surface area contributed by atoms with Gasteiger partial charge in [-0.25, -0.2) is 9.97 Å². The Morgan fingerprint density at radius 1 is 1.05 bits per heavy atom. The third-order valence-electron chi connectivity index (χ3n) is 2.63. The summed E-state index contributed by atoms with van der Waals surface area (Å²) in [7, 11) is 0. The van der Waals surface area contributed by atoms with E-state index in [9.17, 15) is 0 Å². The van der Waals surface area contributed by atoms with Crippen LogP contribution < -0.4 is 10.1 Å².